The number of aromatic nitrogens is 2. The largest absolute Gasteiger partial charge is 0.335 e. The monoisotopic (exact) mass is 243 g/mol. The number of nitrogens with zero attached hydrogens (tertiary/aromatic N) is 2. The standard InChI is InChI=1S/C15H21N3/c1-2-18-11-10-17-15(18)12-14(16)9-8-13-6-4-3-5-7-13/h3-7,10-11,14H,2,8-9,12,16H2,1H3. The number of rotatable bonds is 6. The maximum Gasteiger partial charge on any atom is 0.110 e. The van der Waals surface area contributed by atoms with E-state index in [1.807, 2.05) is 18.5 Å². The van der Waals surface area contributed by atoms with Gasteiger partial charge in [-0.3, -0.25) is 0 Å². The molecule has 0 aliphatic heterocycles. The molecule has 3 heteroatoms. The van der Waals surface area contributed by atoms with E-state index in [1.165, 1.54) is 5.56 Å². The van der Waals surface area contributed by atoms with Gasteiger partial charge in [-0.1, -0.05) is 30.3 Å². The molecule has 2 N–H and O–H groups in total. The summed E-state index contributed by atoms with van der Waals surface area (Å²) in [6.45, 7) is 3.08. The van der Waals surface area contributed by atoms with Crippen molar-refractivity contribution in [1.82, 2.24) is 9.55 Å². The first-order chi connectivity index (χ1) is 8.79. The van der Waals surface area contributed by atoms with Crippen molar-refractivity contribution in [1.29, 1.82) is 0 Å². The minimum atomic E-state index is 0.179. The highest BCUT2D eigenvalue weighted by Crippen LogP contribution is 2.08. The predicted octanol–water partition coefficient (Wildman–Crippen LogP) is 2.41. The summed E-state index contributed by atoms with van der Waals surface area (Å²) in [6, 6.07) is 10.7. The molecule has 0 spiro atoms. The molecule has 96 valence electrons. The third-order valence-electron chi connectivity index (χ3n) is 3.23. The molecule has 2 aromatic rings. The fourth-order valence-electron chi connectivity index (χ4n) is 2.15. The zero-order chi connectivity index (χ0) is 12.8. The number of imidazole rings is 1. The Bertz CT molecular complexity index is 462. The van der Waals surface area contributed by atoms with Crippen molar-refractivity contribution in [3.8, 4) is 0 Å². The van der Waals surface area contributed by atoms with E-state index in [1.54, 1.807) is 0 Å². The van der Waals surface area contributed by atoms with Crippen LogP contribution in [0.4, 0.5) is 0 Å². The van der Waals surface area contributed by atoms with Gasteiger partial charge in [-0.15, -0.1) is 0 Å². The highest BCUT2D eigenvalue weighted by molar-refractivity contribution is 5.14. The van der Waals surface area contributed by atoms with E-state index in [-0.39, 0.29) is 6.04 Å². The SMILES string of the molecule is CCn1ccnc1CC(N)CCc1ccccc1. The van der Waals surface area contributed by atoms with Crippen molar-refractivity contribution >= 4 is 0 Å². The zero-order valence-electron chi connectivity index (χ0n) is 10.9. The average molecular weight is 243 g/mol. The van der Waals surface area contributed by atoms with Gasteiger partial charge in [-0.25, -0.2) is 4.98 Å². The summed E-state index contributed by atoms with van der Waals surface area (Å²) in [6.07, 6.45) is 6.76. The Morgan fingerprint density at radius 3 is 2.78 bits per heavy atom. The minimum absolute atomic E-state index is 0.179. The first-order valence-electron chi connectivity index (χ1n) is 6.59. The summed E-state index contributed by atoms with van der Waals surface area (Å²) in [7, 11) is 0. The lowest BCUT2D eigenvalue weighted by Gasteiger charge is -2.12. The molecule has 18 heavy (non-hydrogen) atoms. The van der Waals surface area contributed by atoms with Crippen molar-refractivity contribution in [3.63, 3.8) is 0 Å². The summed E-state index contributed by atoms with van der Waals surface area (Å²) >= 11 is 0. The Kier molecular flexibility index (Phi) is 4.53. The molecule has 0 saturated carbocycles. The van der Waals surface area contributed by atoms with E-state index >= 15 is 0 Å². The topological polar surface area (TPSA) is 43.8 Å². The Balaban J connectivity index is 1.84. The molecule has 0 aliphatic carbocycles. The number of hydrogen-bond donors (Lipinski definition) is 1. The number of benzene rings is 1. The Labute approximate surface area is 109 Å². The van der Waals surface area contributed by atoms with Crippen molar-refractivity contribution in [2.45, 2.75) is 38.8 Å². The second-order valence-corrected chi connectivity index (χ2v) is 4.62. The molecule has 0 aliphatic rings. The smallest absolute Gasteiger partial charge is 0.110 e. The van der Waals surface area contributed by atoms with Crippen LogP contribution in [0.1, 0.15) is 24.7 Å². The molecule has 0 fully saturated rings. The molecule has 0 radical (unpaired) electrons. The van der Waals surface area contributed by atoms with Crippen molar-refractivity contribution < 1.29 is 0 Å². The molecule has 0 saturated heterocycles. The van der Waals surface area contributed by atoms with E-state index in [2.05, 4.69) is 40.7 Å². The predicted molar refractivity (Wildman–Crippen MR) is 74.3 cm³/mol. The summed E-state index contributed by atoms with van der Waals surface area (Å²) in [5.41, 5.74) is 7.54. The van der Waals surface area contributed by atoms with Gasteiger partial charge in [0.1, 0.15) is 5.82 Å². The van der Waals surface area contributed by atoms with Crippen LogP contribution in [0.3, 0.4) is 0 Å². The van der Waals surface area contributed by atoms with Crippen molar-refractivity contribution in [3.05, 3.63) is 54.1 Å². The Morgan fingerprint density at radius 1 is 1.28 bits per heavy atom. The van der Waals surface area contributed by atoms with Gasteiger partial charge in [0, 0.05) is 31.4 Å². The summed E-state index contributed by atoms with van der Waals surface area (Å²) in [5, 5.41) is 0. The maximum absolute atomic E-state index is 6.18. The third-order valence-corrected chi connectivity index (χ3v) is 3.23. The number of aryl methyl sites for hydroxylation is 2. The van der Waals surface area contributed by atoms with Gasteiger partial charge in [0.2, 0.25) is 0 Å². The van der Waals surface area contributed by atoms with Crippen molar-refractivity contribution in [2.24, 2.45) is 5.73 Å². The maximum atomic E-state index is 6.18. The van der Waals surface area contributed by atoms with E-state index < -0.39 is 0 Å². The highest BCUT2D eigenvalue weighted by atomic mass is 15.1. The van der Waals surface area contributed by atoms with Crippen LogP contribution in [0.15, 0.2) is 42.7 Å². The van der Waals surface area contributed by atoms with E-state index in [4.69, 9.17) is 5.73 Å². The number of hydrogen-bond acceptors (Lipinski definition) is 2. The van der Waals surface area contributed by atoms with Gasteiger partial charge >= 0.3 is 0 Å². The highest BCUT2D eigenvalue weighted by Gasteiger charge is 2.08. The van der Waals surface area contributed by atoms with Crippen LogP contribution in [0.25, 0.3) is 0 Å². The lowest BCUT2D eigenvalue weighted by molar-refractivity contribution is 0.569. The van der Waals surface area contributed by atoms with E-state index in [0.717, 1.165) is 31.6 Å². The molecule has 2 rings (SSSR count). The van der Waals surface area contributed by atoms with Crippen LogP contribution >= 0.6 is 0 Å². The van der Waals surface area contributed by atoms with Gasteiger partial charge in [0.25, 0.3) is 0 Å². The number of nitrogens with two attached hydrogens (primary N) is 1. The lowest BCUT2D eigenvalue weighted by atomic mass is 10.0. The van der Waals surface area contributed by atoms with Crippen LogP contribution in [0, 0.1) is 0 Å². The Morgan fingerprint density at radius 2 is 2.06 bits per heavy atom. The molecule has 1 aromatic heterocycles. The van der Waals surface area contributed by atoms with E-state index in [9.17, 15) is 0 Å². The summed E-state index contributed by atoms with van der Waals surface area (Å²) in [5.74, 6) is 1.10. The molecule has 1 heterocycles. The zero-order valence-corrected chi connectivity index (χ0v) is 10.9. The molecule has 0 amide bonds. The summed E-state index contributed by atoms with van der Waals surface area (Å²) < 4.78 is 2.16. The van der Waals surface area contributed by atoms with Crippen LogP contribution in [-0.4, -0.2) is 15.6 Å². The molecule has 1 aromatic carbocycles. The molecule has 3 nitrogen and oxygen atoms in total. The first kappa shape index (κ1) is 12.8. The quantitative estimate of drug-likeness (QED) is 0.846. The molecule has 1 unspecified atom stereocenters. The molecular weight excluding hydrogens is 222 g/mol. The van der Waals surface area contributed by atoms with Crippen LogP contribution in [-0.2, 0) is 19.4 Å². The summed E-state index contributed by atoms with van der Waals surface area (Å²) in [4.78, 5) is 4.36. The van der Waals surface area contributed by atoms with Gasteiger partial charge in [-0.05, 0) is 25.3 Å². The van der Waals surface area contributed by atoms with Crippen LogP contribution < -0.4 is 5.73 Å². The third kappa shape index (κ3) is 3.44. The first-order valence-corrected chi connectivity index (χ1v) is 6.59. The average Bonchev–Trinajstić information content (AvgIpc) is 2.85. The minimum Gasteiger partial charge on any atom is -0.335 e. The molecular formula is C15H21N3. The molecule has 0 bridgehead atoms. The molecule has 1 atom stereocenters. The fraction of sp³-hybridized carbons (Fsp3) is 0.400. The van der Waals surface area contributed by atoms with Crippen molar-refractivity contribution in [2.75, 3.05) is 0 Å². The second-order valence-electron chi connectivity index (χ2n) is 4.62. The normalized spacial score (nSPS) is 12.6. The van der Waals surface area contributed by atoms with Crippen LogP contribution in [0.2, 0.25) is 0 Å². The second kappa shape index (κ2) is 6.36. The van der Waals surface area contributed by atoms with Crippen LogP contribution in [0.5, 0.6) is 0 Å². The lowest BCUT2D eigenvalue weighted by Crippen LogP contribution is -2.25. The van der Waals surface area contributed by atoms with Gasteiger partial charge in [-0.2, -0.15) is 0 Å². The van der Waals surface area contributed by atoms with Gasteiger partial charge in [0.15, 0.2) is 0 Å². The Hall–Kier alpha value is -1.61. The fourth-order valence-corrected chi connectivity index (χ4v) is 2.15. The van der Waals surface area contributed by atoms with E-state index in [0.29, 0.717) is 0 Å². The van der Waals surface area contributed by atoms with Gasteiger partial charge < -0.3 is 10.3 Å². The van der Waals surface area contributed by atoms with Gasteiger partial charge in [0.05, 0.1) is 0 Å².